The molecule has 0 saturated carbocycles. The first-order valence-electron chi connectivity index (χ1n) is 11.5. The molecule has 0 spiro atoms. The van der Waals surface area contributed by atoms with E-state index in [2.05, 4.69) is 46.7 Å². The molecule has 4 N–H and O–H groups in total. The van der Waals surface area contributed by atoms with Crippen molar-refractivity contribution < 1.29 is 9.59 Å². The molecule has 0 bridgehead atoms. The Balaban J connectivity index is 1.32. The Bertz CT molecular complexity index is 959. The maximum absolute atomic E-state index is 12.5. The van der Waals surface area contributed by atoms with E-state index in [9.17, 15) is 9.59 Å². The van der Waals surface area contributed by atoms with Crippen molar-refractivity contribution >= 4 is 23.2 Å². The van der Waals surface area contributed by atoms with Gasteiger partial charge in [-0.3, -0.25) is 9.59 Å². The smallest absolute Gasteiger partial charge is 0.251 e. The topological polar surface area (TPSA) is 90.7 Å². The molecule has 2 aliphatic rings. The van der Waals surface area contributed by atoms with E-state index >= 15 is 0 Å². The zero-order chi connectivity index (χ0) is 22.5. The highest BCUT2D eigenvalue weighted by atomic mass is 16.2. The van der Waals surface area contributed by atoms with Crippen LogP contribution < -0.4 is 21.3 Å². The van der Waals surface area contributed by atoms with Crippen molar-refractivity contribution in [3.8, 4) is 0 Å². The van der Waals surface area contributed by atoms with Gasteiger partial charge in [0.15, 0.2) is 0 Å². The number of piperazine rings is 1. The van der Waals surface area contributed by atoms with E-state index in [1.54, 1.807) is 6.07 Å². The number of likely N-dealkylation sites (tertiary alicyclic amines) is 1. The van der Waals surface area contributed by atoms with Crippen LogP contribution in [0.5, 0.6) is 0 Å². The Morgan fingerprint density at radius 2 is 2.00 bits per heavy atom. The van der Waals surface area contributed by atoms with Crippen LogP contribution in [0.4, 0.5) is 11.4 Å². The van der Waals surface area contributed by atoms with Crippen molar-refractivity contribution in [3.63, 3.8) is 0 Å². The van der Waals surface area contributed by atoms with Crippen LogP contribution in [0.1, 0.15) is 46.8 Å². The lowest BCUT2D eigenvalue weighted by molar-refractivity contribution is -0.127. The largest absolute Gasteiger partial charge is 0.397 e. The molecule has 2 amide bonds. The van der Waals surface area contributed by atoms with Gasteiger partial charge in [0.25, 0.3) is 5.91 Å². The fourth-order valence-electron chi connectivity index (χ4n) is 4.49. The SMILES string of the molecule is Cc1ccc(C2CN(c3ccc(C(=O)NCCCN4CCCC4=O)cc3N)CCN2)cc1. The minimum absolute atomic E-state index is 0.131. The second kappa shape index (κ2) is 10.0. The molecular formula is C25H33N5O2. The summed E-state index contributed by atoms with van der Waals surface area (Å²) in [6.45, 7) is 6.74. The van der Waals surface area contributed by atoms with Crippen molar-refractivity contribution in [1.82, 2.24) is 15.5 Å². The Morgan fingerprint density at radius 3 is 2.72 bits per heavy atom. The summed E-state index contributed by atoms with van der Waals surface area (Å²) >= 11 is 0. The van der Waals surface area contributed by atoms with Crippen molar-refractivity contribution in [1.29, 1.82) is 0 Å². The van der Waals surface area contributed by atoms with Crippen molar-refractivity contribution in [2.45, 2.75) is 32.2 Å². The Labute approximate surface area is 190 Å². The number of nitrogens with two attached hydrogens (primary N) is 1. The molecule has 32 heavy (non-hydrogen) atoms. The highest BCUT2D eigenvalue weighted by Crippen LogP contribution is 2.28. The zero-order valence-electron chi connectivity index (χ0n) is 18.8. The molecule has 2 aromatic carbocycles. The number of aryl methyl sites for hydroxylation is 1. The van der Waals surface area contributed by atoms with E-state index < -0.39 is 0 Å². The van der Waals surface area contributed by atoms with Crippen LogP contribution in [0.2, 0.25) is 0 Å². The predicted molar refractivity (Wildman–Crippen MR) is 128 cm³/mol. The number of carbonyl (C=O) groups excluding carboxylic acids is 2. The average Bonchev–Trinajstić information content (AvgIpc) is 3.21. The third-order valence-electron chi connectivity index (χ3n) is 6.35. The number of hydrogen-bond acceptors (Lipinski definition) is 5. The van der Waals surface area contributed by atoms with E-state index in [0.29, 0.717) is 30.8 Å². The van der Waals surface area contributed by atoms with Crippen LogP contribution >= 0.6 is 0 Å². The Morgan fingerprint density at radius 1 is 1.19 bits per heavy atom. The molecule has 7 nitrogen and oxygen atoms in total. The maximum atomic E-state index is 12.5. The monoisotopic (exact) mass is 435 g/mol. The summed E-state index contributed by atoms with van der Waals surface area (Å²) in [6.07, 6.45) is 2.35. The molecule has 2 aromatic rings. The van der Waals surface area contributed by atoms with Gasteiger partial charge < -0.3 is 26.2 Å². The Kier molecular flexibility index (Phi) is 6.95. The highest BCUT2D eigenvalue weighted by Gasteiger charge is 2.23. The molecule has 2 fully saturated rings. The normalized spacial score (nSPS) is 18.8. The van der Waals surface area contributed by atoms with E-state index in [1.807, 2.05) is 17.0 Å². The number of hydrogen-bond donors (Lipinski definition) is 3. The van der Waals surface area contributed by atoms with Crippen LogP contribution in [0.15, 0.2) is 42.5 Å². The fourth-order valence-corrected chi connectivity index (χ4v) is 4.49. The van der Waals surface area contributed by atoms with Gasteiger partial charge in [-0.05, 0) is 43.5 Å². The number of rotatable bonds is 7. The third kappa shape index (κ3) is 5.22. The van der Waals surface area contributed by atoms with Gasteiger partial charge in [-0.15, -0.1) is 0 Å². The molecule has 2 aliphatic heterocycles. The predicted octanol–water partition coefficient (Wildman–Crippen LogP) is 2.47. The highest BCUT2D eigenvalue weighted by molar-refractivity contribution is 5.96. The average molecular weight is 436 g/mol. The van der Waals surface area contributed by atoms with Crippen molar-refractivity contribution in [3.05, 3.63) is 59.2 Å². The summed E-state index contributed by atoms with van der Waals surface area (Å²) in [4.78, 5) is 28.3. The van der Waals surface area contributed by atoms with Crippen LogP contribution in [0, 0.1) is 6.92 Å². The van der Waals surface area contributed by atoms with Gasteiger partial charge in [-0.1, -0.05) is 29.8 Å². The van der Waals surface area contributed by atoms with Crippen molar-refractivity contribution in [2.75, 3.05) is 49.9 Å². The second-order valence-electron chi connectivity index (χ2n) is 8.73. The summed E-state index contributed by atoms with van der Waals surface area (Å²) in [5.41, 5.74) is 11.0. The number of nitrogens with one attached hydrogen (secondary N) is 2. The van der Waals surface area contributed by atoms with Crippen LogP contribution in [-0.2, 0) is 4.79 Å². The zero-order valence-corrected chi connectivity index (χ0v) is 18.8. The molecule has 0 aromatic heterocycles. The number of nitrogens with zero attached hydrogens (tertiary/aromatic N) is 2. The molecular weight excluding hydrogens is 402 g/mol. The molecule has 2 heterocycles. The number of benzene rings is 2. The van der Waals surface area contributed by atoms with Gasteiger partial charge in [0, 0.05) is 57.3 Å². The number of amides is 2. The van der Waals surface area contributed by atoms with Crippen LogP contribution in [-0.4, -0.2) is 56.0 Å². The summed E-state index contributed by atoms with van der Waals surface area (Å²) in [5, 5.41) is 6.53. The minimum Gasteiger partial charge on any atom is -0.397 e. The van der Waals surface area contributed by atoms with E-state index in [4.69, 9.17) is 5.73 Å². The molecule has 1 unspecified atom stereocenters. The summed E-state index contributed by atoms with van der Waals surface area (Å²) in [7, 11) is 0. The van der Waals surface area contributed by atoms with Crippen molar-refractivity contribution in [2.24, 2.45) is 0 Å². The lowest BCUT2D eigenvalue weighted by atomic mass is 10.0. The standard InChI is InChI=1S/C25H33N5O2/c1-18-5-7-19(8-6-18)22-17-30(15-12-27-22)23-10-9-20(16-21(23)26)25(32)28-11-3-14-29-13-2-4-24(29)31/h5-10,16,22,27H,2-4,11-15,17,26H2,1H3,(H,28,32). The minimum atomic E-state index is -0.131. The first-order valence-corrected chi connectivity index (χ1v) is 11.5. The number of nitrogen functional groups attached to an aromatic ring is 1. The Hall–Kier alpha value is -3.06. The van der Waals surface area contributed by atoms with E-state index in [1.165, 1.54) is 11.1 Å². The molecule has 0 aliphatic carbocycles. The second-order valence-corrected chi connectivity index (χ2v) is 8.73. The first-order chi connectivity index (χ1) is 15.5. The van der Waals surface area contributed by atoms with Crippen LogP contribution in [0.25, 0.3) is 0 Å². The molecule has 7 heteroatoms. The van der Waals surface area contributed by atoms with Gasteiger partial charge in [-0.2, -0.15) is 0 Å². The summed E-state index contributed by atoms with van der Waals surface area (Å²) in [5.74, 6) is 0.0889. The summed E-state index contributed by atoms with van der Waals surface area (Å²) in [6, 6.07) is 14.4. The fraction of sp³-hybridized carbons (Fsp3) is 0.440. The lowest BCUT2D eigenvalue weighted by Gasteiger charge is -2.36. The quantitative estimate of drug-likeness (QED) is 0.459. The molecule has 0 radical (unpaired) electrons. The molecule has 170 valence electrons. The van der Waals surface area contributed by atoms with Crippen LogP contribution in [0.3, 0.4) is 0 Å². The van der Waals surface area contributed by atoms with Gasteiger partial charge >= 0.3 is 0 Å². The number of anilines is 2. The molecule has 1 atom stereocenters. The molecule has 4 rings (SSSR count). The van der Waals surface area contributed by atoms with Gasteiger partial charge in [0.05, 0.1) is 11.4 Å². The van der Waals surface area contributed by atoms with Gasteiger partial charge in [0.2, 0.25) is 5.91 Å². The summed E-state index contributed by atoms with van der Waals surface area (Å²) < 4.78 is 0. The lowest BCUT2D eigenvalue weighted by Crippen LogP contribution is -2.46. The van der Waals surface area contributed by atoms with E-state index in [0.717, 1.165) is 44.7 Å². The van der Waals surface area contributed by atoms with Gasteiger partial charge in [-0.25, -0.2) is 0 Å². The molecule has 2 saturated heterocycles. The first kappa shape index (κ1) is 22.1. The van der Waals surface area contributed by atoms with Gasteiger partial charge in [0.1, 0.15) is 0 Å². The number of carbonyl (C=O) groups is 2. The van der Waals surface area contributed by atoms with E-state index in [-0.39, 0.29) is 17.9 Å². The maximum Gasteiger partial charge on any atom is 0.251 e. The third-order valence-corrected chi connectivity index (χ3v) is 6.35.